The summed E-state index contributed by atoms with van der Waals surface area (Å²) in [5.41, 5.74) is 1.10. The Kier molecular flexibility index (Phi) is 5.43. The first kappa shape index (κ1) is 16.6. The van der Waals surface area contributed by atoms with Crippen molar-refractivity contribution in [3.63, 3.8) is 0 Å². The molecule has 2 aromatic carbocycles. The lowest BCUT2D eigenvalue weighted by Gasteiger charge is -2.10. The van der Waals surface area contributed by atoms with Crippen molar-refractivity contribution in [2.75, 3.05) is 5.32 Å². The van der Waals surface area contributed by atoms with Crippen LogP contribution in [-0.4, -0.2) is 22.8 Å². The summed E-state index contributed by atoms with van der Waals surface area (Å²) in [5.74, 6) is -2.10. The molecule has 2 aromatic rings. The molecule has 0 aliphatic rings. The quantitative estimate of drug-likeness (QED) is 0.622. The Balaban J connectivity index is 2.33. The van der Waals surface area contributed by atoms with Gasteiger partial charge in [-0.05, 0) is 18.2 Å². The van der Waals surface area contributed by atoms with Crippen molar-refractivity contribution in [1.29, 1.82) is 0 Å². The Bertz CT molecular complexity index is 784. The first-order valence-corrected chi connectivity index (χ1v) is 7.38. The number of benzene rings is 2. The molecule has 0 aliphatic carbocycles. The van der Waals surface area contributed by atoms with E-state index in [2.05, 4.69) is 21.2 Å². The van der Waals surface area contributed by atoms with Crippen LogP contribution in [0.3, 0.4) is 0 Å². The second kappa shape index (κ2) is 7.51. The van der Waals surface area contributed by atoms with Crippen LogP contribution in [0, 0.1) is 0 Å². The molecule has 0 aromatic heterocycles. The molecule has 2 rings (SSSR count). The number of amides is 1. The number of aliphatic carboxylic acids is 1. The lowest BCUT2D eigenvalue weighted by Crippen LogP contribution is -2.13. The van der Waals surface area contributed by atoms with Crippen LogP contribution in [0.15, 0.2) is 65.2 Å². The number of anilines is 1. The van der Waals surface area contributed by atoms with E-state index in [1.807, 2.05) is 0 Å². The van der Waals surface area contributed by atoms with Gasteiger partial charge < -0.3 is 10.4 Å². The van der Waals surface area contributed by atoms with Crippen LogP contribution >= 0.6 is 15.9 Å². The van der Waals surface area contributed by atoms with E-state index in [9.17, 15) is 14.4 Å². The van der Waals surface area contributed by atoms with E-state index in [0.29, 0.717) is 21.3 Å². The summed E-state index contributed by atoms with van der Waals surface area (Å²) in [7, 11) is 0. The van der Waals surface area contributed by atoms with Crippen LogP contribution < -0.4 is 5.32 Å². The number of hydrogen-bond acceptors (Lipinski definition) is 3. The summed E-state index contributed by atoms with van der Waals surface area (Å²) < 4.78 is 0.691. The molecule has 1 amide bonds. The van der Waals surface area contributed by atoms with Crippen molar-refractivity contribution in [2.45, 2.75) is 0 Å². The fourth-order valence-electron chi connectivity index (χ4n) is 1.88. The van der Waals surface area contributed by atoms with Crippen LogP contribution in [-0.2, 0) is 9.59 Å². The predicted octanol–water partition coefficient (Wildman–Crippen LogP) is 3.26. The molecular formula is C17H12BrNO4. The second-order valence-corrected chi connectivity index (χ2v) is 5.46. The maximum atomic E-state index is 12.6. The van der Waals surface area contributed by atoms with Gasteiger partial charge in [0.2, 0.25) is 5.91 Å². The smallest absolute Gasteiger partial charge is 0.328 e. The average Bonchev–Trinajstić information content (AvgIpc) is 2.54. The Morgan fingerprint density at radius 1 is 1.00 bits per heavy atom. The Hall–Kier alpha value is -2.73. The average molecular weight is 374 g/mol. The fourth-order valence-corrected chi connectivity index (χ4v) is 2.24. The fraction of sp³-hybridized carbons (Fsp3) is 0. The van der Waals surface area contributed by atoms with Gasteiger partial charge in [-0.1, -0.05) is 46.3 Å². The number of carboxylic acids is 1. The van der Waals surface area contributed by atoms with E-state index >= 15 is 0 Å². The van der Waals surface area contributed by atoms with Gasteiger partial charge in [0.25, 0.3) is 0 Å². The molecule has 23 heavy (non-hydrogen) atoms. The molecule has 0 unspecified atom stereocenters. The Morgan fingerprint density at radius 2 is 1.70 bits per heavy atom. The van der Waals surface area contributed by atoms with Crippen molar-refractivity contribution >= 4 is 39.3 Å². The monoisotopic (exact) mass is 373 g/mol. The van der Waals surface area contributed by atoms with Gasteiger partial charge in [-0.2, -0.15) is 0 Å². The number of carboxylic acid groups (broad SMARTS) is 1. The van der Waals surface area contributed by atoms with Crippen LogP contribution in [0.1, 0.15) is 15.9 Å². The number of rotatable bonds is 5. The van der Waals surface area contributed by atoms with Gasteiger partial charge in [-0.15, -0.1) is 0 Å². The molecule has 0 heterocycles. The van der Waals surface area contributed by atoms with Crippen molar-refractivity contribution in [1.82, 2.24) is 0 Å². The summed E-state index contributed by atoms with van der Waals surface area (Å²) >= 11 is 3.30. The Morgan fingerprint density at radius 3 is 2.35 bits per heavy atom. The first-order valence-electron chi connectivity index (χ1n) is 6.58. The molecule has 0 saturated carbocycles. The lowest BCUT2D eigenvalue weighted by molar-refractivity contribution is -0.131. The van der Waals surface area contributed by atoms with E-state index < -0.39 is 11.9 Å². The zero-order valence-electron chi connectivity index (χ0n) is 11.8. The molecule has 6 heteroatoms. The summed E-state index contributed by atoms with van der Waals surface area (Å²) in [6.45, 7) is 0. The van der Waals surface area contributed by atoms with Crippen molar-refractivity contribution in [3.05, 3.63) is 76.3 Å². The highest BCUT2D eigenvalue weighted by Gasteiger charge is 2.15. The first-order chi connectivity index (χ1) is 11.0. The molecule has 116 valence electrons. The molecule has 0 fully saturated rings. The third-order valence-corrected chi connectivity index (χ3v) is 3.39. The summed E-state index contributed by atoms with van der Waals surface area (Å²) in [6.07, 6.45) is 1.62. The van der Waals surface area contributed by atoms with Crippen molar-refractivity contribution in [3.8, 4) is 0 Å². The maximum Gasteiger partial charge on any atom is 0.328 e. The topological polar surface area (TPSA) is 83.5 Å². The van der Waals surface area contributed by atoms with Gasteiger partial charge in [-0.3, -0.25) is 9.59 Å². The minimum absolute atomic E-state index is 0.246. The van der Waals surface area contributed by atoms with Gasteiger partial charge in [0.1, 0.15) is 0 Å². The molecule has 0 radical (unpaired) electrons. The summed E-state index contributed by atoms with van der Waals surface area (Å²) in [6, 6.07) is 13.5. The predicted molar refractivity (Wildman–Crippen MR) is 89.4 cm³/mol. The molecular weight excluding hydrogens is 362 g/mol. The van der Waals surface area contributed by atoms with Crippen LogP contribution in [0.5, 0.6) is 0 Å². The zero-order chi connectivity index (χ0) is 16.8. The lowest BCUT2D eigenvalue weighted by atomic mass is 10.0. The van der Waals surface area contributed by atoms with E-state index in [4.69, 9.17) is 5.11 Å². The van der Waals surface area contributed by atoms with Crippen LogP contribution in [0.25, 0.3) is 0 Å². The van der Waals surface area contributed by atoms with Crippen molar-refractivity contribution in [2.24, 2.45) is 0 Å². The Labute approximate surface area is 140 Å². The standard InChI is InChI=1S/C17H12BrNO4/c18-12-6-7-14(19-15(20)8-9-16(21)22)13(10-12)17(23)11-4-2-1-3-5-11/h1-10H,(H,19,20)(H,21,22)/b9-8-. The van der Waals surface area contributed by atoms with E-state index in [1.165, 1.54) is 0 Å². The third-order valence-electron chi connectivity index (χ3n) is 2.90. The van der Waals surface area contributed by atoms with Gasteiger partial charge >= 0.3 is 5.97 Å². The number of carbonyl (C=O) groups excluding carboxylic acids is 2. The van der Waals surface area contributed by atoms with E-state index in [-0.39, 0.29) is 5.78 Å². The number of ketones is 1. The van der Waals surface area contributed by atoms with Crippen LogP contribution in [0.4, 0.5) is 5.69 Å². The minimum Gasteiger partial charge on any atom is -0.478 e. The summed E-state index contributed by atoms with van der Waals surface area (Å²) in [4.78, 5) is 34.7. The molecule has 0 bridgehead atoms. The zero-order valence-corrected chi connectivity index (χ0v) is 13.4. The van der Waals surface area contributed by atoms with Gasteiger partial charge in [0, 0.05) is 27.8 Å². The highest BCUT2D eigenvalue weighted by Crippen LogP contribution is 2.24. The minimum atomic E-state index is -1.23. The van der Waals surface area contributed by atoms with Crippen LogP contribution in [0.2, 0.25) is 0 Å². The van der Waals surface area contributed by atoms with E-state index in [0.717, 1.165) is 12.2 Å². The highest BCUT2D eigenvalue weighted by molar-refractivity contribution is 9.10. The molecule has 5 nitrogen and oxygen atoms in total. The second-order valence-electron chi connectivity index (χ2n) is 4.55. The third kappa shape index (κ3) is 4.62. The SMILES string of the molecule is O=C(O)/C=C\C(=O)Nc1ccc(Br)cc1C(=O)c1ccccc1. The molecule has 0 aliphatic heterocycles. The normalized spacial score (nSPS) is 10.5. The largest absolute Gasteiger partial charge is 0.478 e. The number of nitrogens with one attached hydrogen (secondary N) is 1. The van der Waals surface area contributed by atoms with Crippen molar-refractivity contribution < 1.29 is 19.5 Å². The molecule has 0 saturated heterocycles. The molecule has 0 atom stereocenters. The maximum absolute atomic E-state index is 12.6. The molecule has 0 spiro atoms. The summed E-state index contributed by atoms with van der Waals surface area (Å²) in [5, 5.41) is 11.0. The van der Waals surface area contributed by atoms with Gasteiger partial charge in [0.05, 0.1) is 5.69 Å². The van der Waals surface area contributed by atoms with Gasteiger partial charge in [0.15, 0.2) is 5.78 Å². The van der Waals surface area contributed by atoms with Gasteiger partial charge in [-0.25, -0.2) is 4.79 Å². The number of hydrogen-bond donors (Lipinski definition) is 2. The molecule has 2 N–H and O–H groups in total. The highest BCUT2D eigenvalue weighted by atomic mass is 79.9. The number of halogens is 1. The number of carbonyl (C=O) groups is 3. The van der Waals surface area contributed by atoms with E-state index in [1.54, 1.807) is 48.5 Å².